The topological polar surface area (TPSA) is 25.4 Å². The first kappa shape index (κ1) is 16.8. The monoisotopic (exact) mass is 404 g/mol. The van der Waals surface area contributed by atoms with Gasteiger partial charge in [-0.2, -0.15) is 0 Å². The van der Waals surface area contributed by atoms with Gasteiger partial charge in [-0.25, -0.2) is 4.98 Å². The summed E-state index contributed by atoms with van der Waals surface area (Å²) < 4.78 is 6.63. The molecule has 0 bridgehead atoms. The second-order valence-corrected chi connectivity index (χ2v) is 6.39. The molecule has 0 radical (unpaired) electrons. The first-order chi connectivity index (χ1) is 10.6. The normalized spacial score (nSPS) is 10.9. The van der Waals surface area contributed by atoms with Crippen molar-refractivity contribution in [1.29, 1.82) is 0 Å². The van der Waals surface area contributed by atoms with Gasteiger partial charge in [0.05, 0.1) is 10.2 Å². The van der Waals surface area contributed by atoms with Gasteiger partial charge in [0.2, 0.25) is 5.88 Å². The molecule has 0 saturated carbocycles. The maximum atomic E-state index is 5.59. The number of ether oxygens (including phenoxy) is 1. The van der Waals surface area contributed by atoms with Crippen LogP contribution in [-0.4, -0.2) is 25.7 Å². The lowest BCUT2D eigenvalue weighted by atomic mass is 10.1. The summed E-state index contributed by atoms with van der Waals surface area (Å²) in [6.45, 7) is 2.79. The molecular weight excluding hydrogens is 383 g/mol. The SMILES string of the molecule is CCCOc1ncc(/C=C/c2ccc(N(C)C)cc2)cc1[123I]. The van der Waals surface area contributed by atoms with Crippen LogP contribution in [0.15, 0.2) is 36.5 Å². The lowest BCUT2D eigenvalue weighted by Gasteiger charge is -2.11. The molecule has 0 spiro atoms. The van der Waals surface area contributed by atoms with Gasteiger partial charge in [0, 0.05) is 26.0 Å². The molecule has 0 unspecified atom stereocenters. The predicted molar refractivity (Wildman–Crippen MR) is 102 cm³/mol. The highest BCUT2D eigenvalue weighted by Crippen LogP contribution is 2.20. The van der Waals surface area contributed by atoms with E-state index in [-0.39, 0.29) is 0 Å². The van der Waals surface area contributed by atoms with E-state index in [0.29, 0.717) is 6.61 Å². The smallest absolute Gasteiger partial charge is 0.227 e. The lowest BCUT2D eigenvalue weighted by Crippen LogP contribution is -2.07. The second kappa shape index (κ2) is 8.17. The highest BCUT2D eigenvalue weighted by molar-refractivity contribution is 14.1. The van der Waals surface area contributed by atoms with Gasteiger partial charge in [0.1, 0.15) is 0 Å². The van der Waals surface area contributed by atoms with Crippen molar-refractivity contribution in [2.24, 2.45) is 0 Å². The molecule has 0 aliphatic carbocycles. The summed E-state index contributed by atoms with van der Waals surface area (Å²) in [6.07, 6.45) is 7.00. The molecule has 1 aromatic heterocycles. The number of hydrogen-bond acceptors (Lipinski definition) is 3. The van der Waals surface area contributed by atoms with E-state index < -0.39 is 0 Å². The van der Waals surface area contributed by atoms with E-state index in [0.717, 1.165) is 21.4 Å². The van der Waals surface area contributed by atoms with Crippen molar-refractivity contribution in [3.63, 3.8) is 0 Å². The first-order valence-electron chi connectivity index (χ1n) is 7.34. The minimum absolute atomic E-state index is 0.705. The average molecular weight is 404 g/mol. The molecule has 3 nitrogen and oxygen atoms in total. The maximum absolute atomic E-state index is 5.59. The zero-order chi connectivity index (χ0) is 15.9. The van der Waals surface area contributed by atoms with E-state index in [1.807, 2.05) is 20.3 Å². The molecule has 0 aliphatic heterocycles. The molecule has 1 aromatic carbocycles. The Balaban J connectivity index is 2.07. The Labute approximate surface area is 146 Å². The molecule has 0 N–H and O–H groups in total. The number of aromatic nitrogens is 1. The average Bonchev–Trinajstić information content (AvgIpc) is 2.52. The third kappa shape index (κ3) is 4.73. The number of hydrogen-bond donors (Lipinski definition) is 0. The highest BCUT2D eigenvalue weighted by Gasteiger charge is 2.02. The van der Waals surface area contributed by atoms with Gasteiger partial charge in [0.15, 0.2) is 0 Å². The van der Waals surface area contributed by atoms with Crippen LogP contribution in [-0.2, 0) is 0 Å². The van der Waals surface area contributed by atoms with Crippen molar-refractivity contribution in [2.75, 3.05) is 25.6 Å². The number of benzene rings is 1. The maximum Gasteiger partial charge on any atom is 0.227 e. The Morgan fingerprint density at radius 2 is 1.82 bits per heavy atom. The zero-order valence-corrected chi connectivity index (χ0v) is 15.4. The van der Waals surface area contributed by atoms with Crippen LogP contribution in [0, 0.1) is 3.57 Å². The summed E-state index contributed by atoms with van der Waals surface area (Å²) in [6, 6.07) is 10.5. The van der Waals surface area contributed by atoms with E-state index in [2.05, 4.69) is 81.9 Å². The molecule has 1 heterocycles. The quantitative estimate of drug-likeness (QED) is 0.652. The van der Waals surface area contributed by atoms with Gasteiger partial charge in [-0.3, -0.25) is 0 Å². The van der Waals surface area contributed by atoms with Crippen molar-refractivity contribution >= 4 is 40.4 Å². The molecular formula is C18H21IN2O. The van der Waals surface area contributed by atoms with Gasteiger partial charge >= 0.3 is 0 Å². The fourth-order valence-electron chi connectivity index (χ4n) is 1.91. The Kier molecular flexibility index (Phi) is 6.24. The molecule has 0 atom stereocenters. The predicted octanol–water partition coefficient (Wildman–Crippen LogP) is 4.71. The minimum Gasteiger partial charge on any atom is -0.477 e. The fraction of sp³-hybridized carbons (Fsp3) is 0.278. The lowest BCUT2D eigenvalue weighted by molar-refractivity contribution is 0.303. The highest BCUT2D eigenvalue weighted by atomic mass is 123. The van der Waals surface area contributed by atoms with Crippen molar-refractivity contribution in [2.45, 2.75) is 13.3 Å². The molecule has 2 aromatic rings. The molecule has 22 heavy (non-hydrogen) atoms. The van der Waals surface area contributed by atoms with Crippen molar-refractivity contribution in [3.8, 4) is 5.88 Å². The van der Waals surface area contributed by atoms with E-state index in [1.54, 1.807) is 0 Å². The van der Waals surface area contributed by atoms with Crippen molar-refractivity contribution in [1.82, 2.24) is 4.98 Å². The summed E-state index contributed by atoms with van der Waals surface area (Å²) in [7, 11) is 4.08. The molecule has 0 aliphatic rings. The van der Waals surface area contributed by atoms with Gasteiger partial charge in [0.25, 0.3) is 0 Å². The van der Waals surface area contributed by atoms with Crippen LogP contribution in [0.25, 0.3) is 12.2 Å². The van der Waals surface area contributed by atoms with Crippen molar-refractivity contribution in [3.05, 3.63) is 51.2 Å². The molecule has 4 heteroatoms. The zero-order valence-electron chi connectivity index (χ0n) is 13.2. The molecule has 0 saturated heterocycles. The Hall–Kier alpha value is -1.56. The summed E-state index contributed by atoms with van der Waals surface area (Å²) in [4.78, 5) is 6.47. The summed E-state index contributed by atoms with van der Waals surface area (Å²) in [5.74, 6) is 0.718. The summed E-state index contributed by atoms with van der Waals surface area (Å²) in [5, 5.41) is 0. The third-order valence-corrected chi connectivity index (χ3v) is 3.92. The van der Waals surface area contributed by atoms with Crippen molar-refractivity contribution < 1.29 is 4.74 Å². The Morgan fingerprint density at radius 1 is 1.14 bits per heavy atom. The van der Waals surface area contributed by atoms with Crippen LogP contribution in [0.4, 0.5) is 5.69 Å². The second-order valence-electron chi connectivity index (χ2n) is 5.22. The first-order valence-corrected chi connectivity index (χ1v) is 8.42. The van der Waals surface area contributed by atoms with Gasteiger partial charge in [-0.1, -0.05) is 31.2 Å². The molecule has 116 valence electrons. The largest absolute Gasteiger partial charge is 0.477 e. The Morgan fingerprint density at radius 3 is 2.41 bits per heavy atom. The van der Waals surface area contributed by atoms with E-state index in [9.17, 15) is 0 Å². The van der Waals surface area contributed by atoms with Crippen LogP contribution in [0.1, 0.15) is 24.5 Å². The van der Waals surface area contributed by atoms with E-state index in [1.165, 1.54) is 11.3 Å². The minimum atomic E-state index is 0.705. The van der Waals surface area contributed by atoms with E-state index in [4.69, 9.17) is 4.74 Å². The van der Waals surface area contributed by atoms with Gasteiger partial charge < -0.3 is 9.64 Å². The number of pyridine rings is 1. The molecule has 2 rings (SSSR count). The third-order valence-electron chi connectivity index (χ3n) is 3.15. The van der Waals surface area contributed by atoms with Crippen LogP contribution in [0.2, 0.25) is 0 Å². The number of nitrogens with zero attached hydrogens (tertiary/aromatic N) is 2. The molecule has 0 fully saturated rings. The van der Waals surface area contributed by atoms with Crippen LogP contribution < -0.4 is 9.64 Å². The van der Waals surface area contributed by atoms with Crippen LogP contribution in [0.3, 0.4) is 0 Å². The molecule has 0 amide bonds. The number of rotatable bonds is 6. The van der Waals surface area contributed by atoms with Gasteiger partial charge in [-0.15, -0.1) is 0 Å². The summed E-state index contributed by atoms with van der Waals surface area (Å²) >= 11 is 2.26. The fourth-order valence-corrected chi connectivity index (χ4v) is 2.57. The summed E-state index contributed by atoms with van der Waals surface area (Å²) in [5.41, 5.74) is 3.45. The van der Waals surface area contributed by atoms with Gasteiger partial charge in [-0.05, 0) is 58.3 Å². The number of anilines is 1. The number of halogens is 1. The standard InChI is InChI=1S/C18H21IN2O/c1-4-11-22-18-17(19)12-15(13-20-18)6-5-14-7-9-16(10-8-14)21(2)3/h5-10,12-13H,4,11H2,1-3H3/b6-5+/i19-4. The Bertz CT molecular complexity index is 636. The van der Waals surface area contributed by atoms with E-state index >= 15 is 0 Å². The van der Waals surface area contributed by atoms with Crippen LogP contribution in [0.5, 0.6) is 5.88 Å². The van der Waals surface area contributed by atoms with Crippen LogP contribution >= 0.6 is 22.6 Å².